The van der Waals surface area contributed by atoms with Crippen molar-refractivity contribution < 1.29 is 27.9 Å². The molecule has 20 heavy (non-hydrogen) atoms. The molecule has 0 aromatic heterocycles. The van der Waals surface area contributed by atoms with Crippen LogP contribution in [0.5, 0.6) is 0 Å². The topological polar surface area (TPSA) is 66.4 Å². The Morgan fingerprint density at radius 1 is 1.30 bits per heavy atom. The van der Waals surface area contributed by atoms with E-state index in [1.54, 1.807) is 6.26 Å². The van der Waals surface area contributed by atoms with Crippen LogP contribution in [0, 0.1) is 17.5 Å². The first-order valence-electron chi connectivity index (χ1n) is 5.54. The highest BCUT2D eigenvalue weighted by atomic mass is 32.2. The molecule has 0 radical (unpaired) electrons. The van der Waals surface area contributed by atoms with Crippen molar-refractivity contribution in [2.45, 2.75) is 12.5 Å². The van der Waals surface area contributed by atoms with E-state index in [9.17, 15) is 22.8 Å². The summed E-state index contributed by atoms with van der Waals surface area (Å²) in [6.07, 6.45) is 1.93. The number of carbonyl (C=O) groups is 2. The summed E-state index contributed by atoms with van der Waals surface area (Å²) in [6, 6.07) is -0.145. The fourth-order valence-corrected chi connectivity index (χ4v) is 1.89. The van der Waals surface area contributed by atoms with Crippen molar-refractivity contribution in [1.82, 2.24) is 5.32 Å². The third kappa shape index (κ3) is 4.16. The third-order valence-corrected chi connectivity index (χ3v) is 3.10. The number of aliphatic carboxylic acids is 1. The lowest BCUT2D eigenvalue weighted by Crippen LogP contribution is -2.41. The molecule has 110 valence electrons. The summed E-state index contributed by atoms with van der Waals surface area (Å²) in [5.74, 6) is -6.44. The molecule has 0 aliphatic rings. The molecule has 0 saturated heterocycles. The van der Waals surface area contributed by atoms with Gasteiger partial charge in [0.25, 0.3) is 5.91 Å². The number of nitrogens with one attached hydrogen (secondary N) is 1. The molecule has 1 amide bonds. The van der Waals surface area contributed by atoms with Crippen LogP contribution >= 0.6 is 11.8 Å². The zero-order valence-electron chi connectivity index (χ0n) is 10.5. The van der Waals surface area contributed by atoms with Gasteiger partial charge in [-0.2, -0.15) is 11.8 Å². The Balaban J connectivity index is 2.86. The van der Waals surface area contributed by atoms with Crippen LogP contribution in [0.3, 0.4) is 0 Å². The normalized spacial score (nSPS) is 12.0. The number of benzene rings is 1. The van der Waals surface area contributed by atoms with Crippen molar-refractivity contribution >= 4 is 23.6 Å². The number of hydrogen-bond acceptors (Lipinski definition) is 3. The summed E-state index contributed by atoms with van der Waals surface area (Å²) >= 11 is 1.39. The van der Waals surface area contributed by atoms with Gasteiger partial charge in [-0.25, -0.2) is 18.0 Å². The van der Waals surface area contributed by atoms with E-state index in [2.05, 4.69) is 5.32 Å². The van der Waals surface area contributed by atoms with Crippen molar-refractivity contribution in [3.8, 4) is 0 Å². The summed E-state index contributed by atoms with van der Waals surface area (Å²) in [4.78, 5) is 22.6. The fraction of sp³-hybridized carbons (Fsp3) is 0.333. The molecule has 1 rings (SSSR count). The largest absolute Gasteiger partial charge is 0.480 e. The van der Waals surface area contributed by atoms with Gasteiger partial charge >= 0.3 is 5.97 Å². The molecule has 0 fully saturated rings. The number of carboxylic acid groups (broad SMARTS) is 1. The summed E-state index contributed by atoms with van der Waals surface area (Å²) < 4.78 is 38.7. The summed E-state index contributed by atoms with van der Waals surface area (Å²) in [5, 5.41) is 11.1. The van der Waals surface area contributed by atoms with E-state index in [0.717, 1.165) is 0 Å². The molecule has 0 heterocycles. The zero-order valence-corrected chi connectivity index (χ0v) is 11.3. The lowest BCUT2D eigenvalue weighted by Gasteiger charge is -2.14. The molecule has 1 aromatic rings. The predicted octanol–water partition coefficient (Wildman–Crippen LogP) is 2.04. The minimum atomic E-state index is -1.68. The van der Waals surface area contributed by atoms with Crippen molar-refractivity contribution in [1.29, 1.82) is 0 Å². The highest BCUT2D eigenvalue weighted by Crippen LogP contribution is 2.14. The molecule has 0 spiro atoms. The zero-order chi connectivity index (χ0) is 15.3. The Labute approximate surface area is 117 Å². The maximum absolute atomic E-state index is 13.0. The van der Waals surface area contributed by atoms with E-state index in [-0.39, 0.29) is 6.42 Å². The monoisotopic (exact) mass is 307 g/mol. The average Bonchev–Trinajstić information content (AvgIpc) is 2.39. The van der Waals surface area contributed by atoms with Crippen molar-refractivity contribution in [2.24, 2.45) is 0 Å². The smallest absolute Gasteiger partial charge is 0.326 e. The molecule has 4 nitrogen and oxygen atoms in total. The van der Waals surface area contributed by atoms with E-state index < -0.39 is 40.9 Å². The molecule has 1 unspecified atom stereocenters. The quantitative estimate of drug-likeness (QED) is 0.789. The van der Waals surface area contributed by atoms with Gasteiger partial charge in [0.05, 0.1) is 0 Å². The number of carboxylic acids is 1. The van der Waals surface area contributed by atoms with Crippen LogP contribution in [-0.2, 0) is 4.79 Å². The van der Waals surface area contributed by atoms with E-state index in [1.807, 2.05) is 0 Å². The summed E-state index contributed by atoms with van der Waals surface area (Å²) in [5.41, 5.74) is -0.475. The van der Waals surface area contributed by atoms with E-state index in [4.69, 9.17) is 5.11 Å². The molecule has 0 saturated carbocycles. The van der Waals surface area contributed by atoms with Gasteiger partial charge in [0.2, 0.25) is 0 Å². The SMILES string of the molecule is CSCCC(NC(=O)c1cc(F)c(F)c(F)c1)C(=O)O. The second-order valence-corrected chi connectivity index (χ2v) is 4.89. The van der Waals surface area contributed by atoms with Gasteiger partial charge in [-0.05, 0) is 30.6 Å². The van der Waals surface area contributed by atoms with Gasteiger partial charge in [0, 0.05) is 5.56 Å². The average molecular weight is 307 g/mol. The van der Waals surface area contributed by atoms with Crippen LogP contribution < -0.4 is 5.32 Å². The molecular weight excluding hydrogens is 295 g/mol. The number of amides is 1. The standard InChI is InChI=1S/C12H12F3NO3S/c1-20-3-2-9(12(18)19)16-11(17)6-4-7(13)10(15)8(14)5-6/h4-5,9H,2-3H2,1H3,(H,16,17)(H,18,19). The highest BCUT2D eigenvalue weighted by molar-refractivity contribution is 7.98. The Morgan fingerprint density at radius 2 is 1.85 bits per heavy atom. The molecule has 8 heteroatoms. The molecule has 0 bridgehead atoms. The van der Waals surface area contributed by atoms with Gasteiger partial charge in [-0.15, -0.1) is 0 Å². The second kappa shape index (κ2) is 7.18. The molecule has 1 aromatic carbocycles. The first-order chi connectivity index (χ1) is 9.36. The lowest BCUT2D eigenvalue weighted by atomic mass is 10.1. The van der Waals surface area contributed by atoms with Crippen LogP contribution in [-0.4, -0.2) is 35.0 Å². The van der Waals surface area contributed by atoms with Gasteiger partial charge in [-0.1, -0.05) is 0 Å². The third-order valence-electron chi connectivity index (χ3n) is 2.46. The Hall–Kier alpha value is -1.70. The van der Waals surface area contributed by atoms with E-state index in [0.29, 0.717) is 17.9 Å². The molecule has 0 aliphatic carbocycles. The maximum atomic E-state index is 13.0. The summed E-state index contributed by atoms with van der Waals surface area (Å²) in [7, 11) is 0. The first kappa shape index (κ1) is 16.4. The van der Waals surface area contributed by atoms with Crippen LogP contribution in [0.1, 0.15) is 16.8 Å². The van der Waals surface area contributed by atoms with E-state index >= 15 is 0 Å². The van der Waals surface area contributed by atoms with Gasteiger partial charge < -0.3 is 10.4 Å². The molecular formula is C12H12F3NO3S. The van der Waals surface area contributed by atoms with Crippen molar-refractivity contribution in [3.63, 3.8) is 0 Å². The van der Waals surface area contributed by atoms with Crippen LogP contribution in [0.15, 0.2) is 12.1 Å². The van der Waals surface area contributed by atoms with Gasteiger partial charge in [0.15, 0.2) is 17.5 Å². The minimum absolute atomic E-state index is 0.161. The predicted molar refractivity (Wildman–Crippen MR) is 68.2 cm³/mol. The number of halogens is 3. The van der Waals surface area contributed by atoms with Crippen LogP contribution in [0.25, 0.3) is 0 Å². The molecule has 0 aliphatic heterocycles. The van der Waals surface area contributed by atoms with Gasteiger partial charge in [0.1, 0.15) is 6.04 Å². The number of hydrogen-bond donors (Lipinski definition) is 2. The minimum Gasteiger partial charge on any atom is -0.480 e. The number of thioether (sulfide) groups is 1. The fourth-order valence-electron chi connectivity index (χ4n) is 1.42. The Morgan fingerprint density at radius 3 is 2.30 bits per heavy atom. The van der Waals surface area contributed by atoms with Crippen LogP contribution in [0.4, 0.5) is 13.2 Å². The highest BCUT2D eigenvalue weighted by Gasteiger charge is 2.22. The first-order valence-corrected chi connectivity index (χ1v) is 6.93. The van der Waals surface area contributed by atoms with E-state index in [1.165, 1.54) is 11.8 Å². The van der Waals surface area contributed by atoms with Gasteiger partial charge in [-0.3, -0.25) is 4.79 Å². The maximum Gasteiger partial charge on any atom is 0.326 e. The number of rotatable bonds is 6. The molecule has 2 N–H and O–H groups in total. The Bertz CT molecular complexity index is 502. The second-order valence-electron chi connectivity index (χ2n) is 3.90. The summed E-state index contributed by atoms with van der Waals surface area (Å²) in [6.45, 7) is 0. The van der Waals surface area contributed by atoms with Crippen molar-refractivity contribution in [2.75, 3.05) is 12.0 Å². The number of carbonyl (C=O) groups excluding carboxylic acids is 1. The lowest BCUT2D eigenvalue weighted by molar-refractivity contribution is -0.139. The molecule has 1 atom stereocenters. The Kier molecular flexibility index (Phi) is 5.87. The van der Waals surface area contributed by atoms with Crippen molar-refractivity contribution in [3.05, 3.63) is 35.1 Å². The van der Waals surface area contributed by atoms with Crippen LogP contribution in [0.2, 0.25) is 0 Å².